The van der Waals surface area contributed by atoms with Crippen LogP contribution in [0.5, 0.6) is 0 Å². The van der Waals surface area contributed by atoms with Crippen molar-refractivity contribution in [3.63, 3.8) is 0 Å². The molecule has 112 valence electrons. The highest BCUT2D eigenvalue weighted by atomic mass is 31.2. The van der Waals surface area contributed by atoms with Crippen molar-refractivity contribution in [2.75, 3.05) is 32.8 Å². The van der Waals surface area contributed by atoms with Gasteiger partial charge in [-0.1, -0.05) is 0 Å². The van der Waals surface area contributed by atoms with Gasteiger partial charge in [0, 0.05) is 13.1 Å². The molecule has 0 radical (unpaired) electrons. The van der Waals surface area contributed by atoms with Crippen LogP contribution in [0, 0.1) is 0 Å². The van der Waals surface area contributed by atoms with Crippen molar-refractivity contribution < 1.29 is 38.5 Å². The van der Waals surface area contributed by atoms with Crippen LogP contribution in [0.3, 0.4) is 0 Å². The first-order chi connectivity index (χ1) is 8.58. The van der Waals surface area contributed by atoms with Gasteiger partial charge in [0.15, 0.2) is 0 Å². The van der Waals surface area contributed by atoms with E-state index in [0.717, 1.165) is 0 Å². The average molecular weight is 318 g/mol. The number of nitrogens with zero attached hydrogens (tertiary/aromatic N) is 2. The summed E-state index contributed by atoms with van der Waals surface area (Å²) in [6.45, 7) is 0.419. The number of aliphatic hydroxyl groups is 1. The molecule has 1 rings (SSSR count). The van der Waals surface area contributed by atoms with E-state index in [0.29, 0.717) is 19.6 Å². The molecule has 0 spiro atoms. The summed E-state index contributed by atoms with van der Waals surface area (Å²) in [4.78, 5) is 41.0. The van der Waals surface area contributed by atoms with Gasteiger partial charge in [-0.25, -0.2) is 0 Å². The van der Waals surface area contributed by atoms with E-state index >= 15 is 0 Å². The van der Waals surface area contributed by atoms with Gasteiger partial charge in [-0.2, -0.15) is 0 Å². The van der Waals surface area contributed by atoms with Gasteiger partial charge in [-0.05, 0) is 0 Å². The molecule has 0 unspecified atom stereocenters. The van der Waals surface area contributed by atoms with Crippen molar-refractivity contribution in [2.24, 2.45) is 4.99 Å². The molecule has 5 N–H and O–H groups in total. The Kier molecular flexibility index (Phi) is 5.28. The fraction of sp³-hybridized carbons (Fsp3) is 0.857. The van der Waals surface area contributed by atoms with Gasteiger partial charge < -0.3 is 34.3 Å². The molecule has 0 aliphatic carbocycles. The van der Waals surface area contributed by atoms with Crippen LogP contribution in [-0.2, 0) is 13.9 Å². The summed E-state index contributed by atoms with van der Waals surface area (Å²) in [5.41, 5.74) is 0. The maximum absolute atomic E-state index is 11.0. The van der Waals surface area contributed by atoms with E-state index in [-0.39, 0.29) is 6.61 Å². The van der Waals surface area contributed by atoms with Gasteiger partial charge in [0.25, 0.3) is 5.08 Å². The fourth-order valence-electron chi connectivity index (χ4n) is 1.32. The summed E-state index contributed by atoms with van der Waals surface area (Å²) in [6, 6.07) is 0. The smallest absolute Gasteiger partial charge is 0.371 e. The lowest BCUT2D eigenvalue weighted by Gasteiger charge is -2.29. The fourth-order valence-corrected chi connectivity index (χ4v) is 3.19. The van der Waals surface area contributed by atoms with Crippen LogP contribution >= 0.6 is 15.2 Å². The van der Waals surface area contributed by atoms with Gasteiger partial charge in [0.05, 0.1) is 26.1 Å². The van der Waals surface area contributed by atoms with Gasteiger partial charge in [-0.3, -0.25) is 14.1 Å². The van der Waals surface area contributed by atoms with Crippen LogP contribution in [0.25, 0.3) is 0 Å². The maximum Gasteiger partial charge on any atom is 0.371 e. The molecule has 0 fully saturated rings. The van der Waals surface area contributed by atoms with Gasteiger partial charge in [0.1, 0.15) is 0 Å². The van der Waals surface area contributed by atoms with Gasteiger partial charge in [-0.15, -0.1) is 0 Å². The van der Waals surface area contributed by atoms with Crippen LogP contribution in [0.2, 0.25) is 0 Å². The van der Waals surface area contributed by atoms with Crippen molar-refractivity contribution in [1.82, 2.24) is 4.90 Å². The topological polar surface area (TPSA) is 160 Å². The van der Waals surface area contributed by atoms with Gasteiger partial charge in [0.2, 0.25) is 0 Å². The first-order valence-corrected chi connectivity index (χ1v) is 8.46. The summed E-state index contributed by atoms with van der Waals surface area (Å²) < 4.78 is 26.8. The monoisotopic (exact) mass is 318 g/mol. The predicted molar refractivity (Wildman–Crippen MR) is 64.8 cm³/mol. The molecule has 0 amide bonds. The first kappa shape index (κ1) is 16.7. The Balaban J connectivity index is 2.53. The molecular formula is C7H16N2O8P2. The Morgan fingerprint density at radius 3 is 2.26 bits per heavy atom. The number of hydrogen-bond acceptors (Lipinski definition) is 6. The summed E-state index contributed by atoms with van der Waals surface area (Å²) in [7, 11) is -10.9. The lowest BCUT2D eigenvalue weighted by molar-refractivity contribution is 0.0223. The van der Waals surface area contributed by atoms with Crippen LogP contribution in [0.1, 0.15) is 0 Å². The zero-order chi connectivity index (χ0) is 14.7. The Hall–Kier alpha value is -0.310. The molecule has 0 bridgehead atoms. The lowest BCUT2D eigenvalue weighted by Crippen LogP contribution is -2.35. The number of rotatable bonds is 7. The second-order valence-electron chi connectivity index (χ2n) is 3.97. The third-order valence-corrected chi connectivity index (χ3v) is 6.20. The molecule has 12 heteroatoms. The molecule has 10 nitrogen and oxygen atoms in total. The molecule has 0 saturated heterocycles. The van der Waals surface area contributed by atoms with E-state index in [2.05, 4.69) is 4.99 Å². The average Bonchev–Trinajstić information content (AvgIpc) is 2.73. The maximum atomic E-state index is 11.0. The van der Waals surface area contributed by atoms with Crippen molar-refractivity contribution in [3.05, 3.63) is 0 Å². The normalized spacial score (nSPS) is 17.2. The van der Waals surface area contributed by atoms with E-state index in [1.165, 1.54) is 0 Å². The summed E-state index contributed by atoms with van der Waals surface area (Å²) in [5.74, 6) is 0. The summed E-state index contributed by atoms with van der Waals surface area (Å²) >= 11 is 0. The highest BCUT2D eigenvalue weighted by molar-refractivity contribution is 7.72. The third kappa shape index (κ3) is 4.08. The predicted octanol–water partition coefficient (Wildman–Crippen LogP) is -1.65. The van der Waals surface area contributed by atoms with Crippen molar-refractivity contribution in [2.45, 2.75) is 5.08 Å². The zero-order valence-corrected chi connectivity index (χ0v) is 11.7. The second kappa shape index (κ2) is 5.99. The number of ether oxygens (including phenoxy) is 1. The molecule has 1 heterocycles. The molecule has 0 aromatic rings. The van der Waals surface area contributed by atoms with Crippen LogP contribution < -0.4 is 0 Å². The second-order valence-corrected chi connectivity index (χ2v) is 7.98. The quantitative estimate of drug-likeness (QED) is 0.273. The van der Waals surface area contributed by atoms with E-state index in [1.807, 2.05) is 0 Å². The molecule has 0 aromatic heterocycles. The Morgan fingerprint density at radius 2 is 1.84 bits per heavy atom. The minimum atomic E-state index is -5.45. The van der Waals surface area contributed by atoms with Crippen LogP contribution in [-0.4, -0.2) is 73.8 Å². The van der Waals surface area contributed by atoms with Crippen molar-refractivity contribution in [1.29, 1.82) is 0 Å². The molecule has 1 aliphatic rings. The Labute approximate surface area is 109 Å². The molecule has 0 atom stereocenters. The molecule has 0 saturated carbocycles. The van der Waals surface area contributed by atoms with Crippen molar-refractivity contribution >= 4 is 21.5 Å². The van der Waals surface area contributed by atoms with E-state index < -0.39 is 26.9 Å². The minimum Gasteiger partial charge on any atom is -0.375 e. The Morgan fingerprint density at radius 1 is 1.26 bits per heavy atom. The van der Waals surface area contributed by atoms with Crippen molar-refractivity contribution in [3.8, 4) is 0 Å². The first-order valence-electron chi connectivity index (χ1n) is 5.23. The van der Waals surface area contributed by atoms with E-state index in [9.17, 15) is 14.2 Å². The molecule has 1 aliphatic heterocycles. The standard InChI is InChI=1S/C7H16N2O8P2/c10-7(18(11,12)13,19(14,15)16)5-17-4-3-9-2-1-8-6-9/h6,10H,1-5H2,(H2,11,12,13)(H2,14,15,16). The molecule has 19 heavy (non-hydrogen) atoms. The molecular weight excluding hydrogens is 302 g/mol. The SMILES string of the molecule is O=P(O)(O)C(O)(COCCN1C=NCC1)P(=O)(O)O. The minimum absolute atomic E-state index is 0.0612. The lowest BCUT2D eigenvalue weighted by atomic mass is 10.5. The van der Waals surface area contributed by atoms with Gasteiger partial charge >= 0.3 is 15.2 Å². The molecule has 0 aromatic carbocycles. The number of aliphatic imine (C=N–C) groups is 1. The van der Waals surface area contributed by atoms with E-state index in [1.54, 1.807) is 11.2 Å². The highest BCUT2D eigenvalue weighted by Gasteiger charge is 2.59. The third-order valence-electron chi connectivity index (χ3n) is 2.51. The summed E-state index contributed by atoms with van der Waals surface area (Å²) in [6.07, 6.45) is 1.57. The van der Waals surface area contributed by atoms with E-state index in [4.69, 9.17) is 24.3 Å². The number of hydrogen-bond donors (Lipinski definition) is 5. The Bertz CT molecular complexity index is 407. The zero-order valence-electron chi connectivity index (χ0n) is 9.86. The highest BCUT2D eigenvalue weighted by Crippen LogP contribution is 2.67. The summed E-state index contributed by atoms with van der Waals surface area (Å²) in [5, 5.41) is 5.97. The largest absolute Gasteiger partial charge is 0.375 e. The van der Waals surface area contributed by atoms with Crippen LogP contribution in [0.4, 0.5) is 0 Å². The van der Waals surface area contributed by atoms with Crippen LogP contribution in [0.15, 0.2) is 4.99 Å².